The Balaban J connectivity index is 1.14. The van der Waals surface area contributed by atoms with Crippen LogP contribution in [0, 0.1) is 0 Å². The van der Waals surface area contributed by atoms with Gasteiger partial charge in [-0.2, -0.15) is 0 Å². The first-order valence-electron chi connectivity index (χ1n) is 19.0. The van der Waals surface area contributed by atoms with Gasteiger partial charge >= 0.3 is 0 Å². The number of fused-ring (bicyclic) bond motifs is 5. The molecule has 0 spiro atoms. The summed E-state index contributed by atoms with van der Waals surface area (Å²) in [5.41, 5.74) is 10.1. The van der Waals surface area contributed by atoms with E-state index in [1.165, 1.54) is 36.9 Å². The van der Waals surface area contributed by atoms with Gasteiger partial charge in [-0.15, -0.1) is 22.7 Å². The average Bonchev–Trinajstić information content (AvgIpc) is 3.85. The number of hydrogen-bond donors (Lipinski definition) is 0. The molecule has 0 saturated carbocycles. The van der Waals surface area contributed by atoms with Crippen molar-refractivity contribution in [3.8, 4) is 66.8 Å². The highest BCUT2D eigenvalue weighted by molar-refractivity contribution is 7.26. The summed E-state index contributed by atoms with van der Waals surface area (Å²) < 4.78 is 16.3. The second-order valence-corrected chi connectivity index (χ2v) is 16.1. The Morgan fingerprint density at radius 1 is 0.386 bits per heavy atom. The van der Waals surface area contributed by atoms with E-state index in [0.717, 1.165) is 49.3 Å². The molecule has 0 radical (unpaired) electrons. The van der Waals surface area contributed by atoms with Gasteiger partial charge in [-0.05, 0) is 75.8 Å². The molecule has 1 aliphatic heterocycles. The number of rotatable bonds is 7. The molecule has 8 aromatic carbocycles. The van der Waals surface area contributed by atoms with Gasteiger partial charge in [0.2, 0.25) is 5.75 Å². The third-order valence-electron chi connectivity index (χ3n) is 10.6. The second kappa shape index (κ2) is 14.0. The van der Waals surface area contributed by atoms with Gasteiger partial charge < -0.3 is 9.47 Å². The van der Waals surface area contributed by atoms with Crippen LogP contribution in [0.4, 0.5) is 16.4 Å². The van der Waals surface area contributed by atoms with E-state index < -0.39 is 0 Å². The molecule has 0 fully saturated rings. The normalized spacial score (nSPS) is 11.8. The molecule has 1 aliphatic rings. The molecular weight excluding hydrogens is 735 g/mol. The van der Waals surface area contributed by atoms with Gasteiger partial charge in [0.15, 0.2) is 17.2 Å². The van der Waals surface area contributed by atoms with E-state index >= 15 is 0 Å². The molecule has 57 heavy (non-hydrogen) atoms. The van der Waals surface area contributed by atoms with Crippen LogP contribution in [0.2, 0.25) is 0 Å². The van der Waals surface area contributed by atoms with Crippen LogP contribution < -0.4 is 14.4 Å². The van der Waals surface area contributed by atoms with Crippen LogP contribution in [0.15, 0.2) is 200 Å². The highest BCUT2D eigenvalue weighted by Gasteiger charge is 2.33. The Kier molecular flexibility index (Phi) is 8.20. The van der Waals surface area contributed by atoms with Gasteiger partial charge in [-0.1, -0.05) is 158 Å². The smallest absolute Gasteiger partial charge is 0.205 e. The predicted molar refractivity (Wildman–Crippen MR) is 240 cm³/mol. The summed E-state index contributed by atoms with van der Waals surface area (Å²) in [7, 11) is 0. The summed E-state index contributed by atoms with van der Waals surface area (Å²) in [6.07, 6.45) is 0. The maximum Gasteiger partial charge on any atom is 0.205 e. The number of thiophene rings is 2. The standard InChI is InChI=1S/C52H33NO2S2/c1-4-15-34(16-5-1)38-29-32-44(43(33-38)35-17-6-2-7-18-35)53(39-30-27-36(28-31-39)40-22-14-23-42-41-21-10-13-26-47(41)56-51(40)42)52-49-48(50(57-52)37-19-8-3-9-20-37)54-45-24-11-12-25-46(45)55-49/h1-33H. The molecule has 0 saturated heterocycles. The minimum Gasteiger partial charge on any atom is -0.448 e. The van der Waals surface area contributed by atoms with Gasteiger partial charge in [0.05, 0.1) is 10.6 Å². The summed E-state index contributed by atoms with van der Waals surface area (Å²) in [6.45, 7) is 0. The van der Waals surface area contributed by atoms with Crippen molar-refractivity contribution in [2.24, 2.45) is 0 Å². The highest BCUT2D eigenvalue weighted by atomic mass is 32.1. The molecule has 270 valence electrons. The monoisotopic (exact) mass is 767 g/mol. The maximum absolute atomic E-state index is 6.89. The summed E-state index contributed by atoms with van der Waals surface area (Å²) in [6, 6.07) is 70.8. The van der Waals surface area contributed by atoms with Crippen molar-refractivity contribution in [3.05, 3.63) is 200 Å². The van der Waals surface area contributed by atoms with Crippen LogP contribution in [0.1, 0.15) is 0 Å². The Bertz CT molecular complexity index is 3060. The third-order valence-corrected chi connectivity index (χ3v) is 13.0. The lowest BCUT2D eigenvalue weighted by molar-refractivity contribution is 0.364. The van der Waals surface area contributed by atoms with Gasteiger partial charge in [-0.25, -0.2) is 0 Å². The Morgan fingerprint density at radius 3 is 1.70 bits per heavy atom. The summed E-state index contributed by atoms with van der Waals surface area (Å²) >= 11 is 3.54. The number of ether oxygens (including phenoxy) is 2. The largest absolute Gasteiger partial charge is 0.448 e. The van der Waals surface area contributed by atoms with Gasteiger partial charge in [0, 0.05) is 31.4 Å². The lowest BCUT2D eigenvalue weighted by atomic mass is 9.96. The first kappa shape index (κ1) is 33.4. The van der Waals surface area contributed by atoms with Crippen molar-refractivity contribution in [3.63, 3.8) is 0 Å². The van der Waals surface area contributed by atoms with E-state index in [9.17, 15) is 0 Å². The van der Waals surface area contributed by atoms with Crippen LogP contribution in [-0.2, 0) is 0 Å². The van der Waals surface area contributed by atoms with Crippen molar-refractivity contribution in [2.45, 2.75) is 0 Å². The summed E-state index contributed by atoms with van der Waals surface area (Å²) in [5.74, 6) is 2.82. The Morgan fingerprint density at radius 2 is 0.965 bits per heavy atom. The summed E-state index contributed by atoms with van der Waals surface area (Å²) in [4.78, 5) is 3.36. The molecule has 10 aromatic rings. The first-order valence-corrected chi connectivity index (χ1v) is 20.6. The number of benzene rings is 8. The quantitative estimate of drug-likeness (QED) is 0.161. The maximum atomic E-state index is 6.89. The SMILES string of the molecule is c1ccc(-c2ccc(N(c3ccc(-c4cccc5c4sc4ccccc45)cc3)c3sc(-c4ccccc4)c4c3Oc3ccccc3O4)c(-c3ccccc3)c2)cc1. The van der Waals surface area contributed by atoms with E-state index in [2.05, 4.69) is 175 Å². The minimum absolute atomic E-state index is 0.693. The minimum atomic E-state index is 0.693. The second-order valence-electron chi connectivity index (χ2n) is 14.0. The highest BCUT2D eigenvalue weighted by Crippen LogP contribution is 2.62. The molecule has 0 aliphatic carbocycles. The molecule has 0 N–H and O–H groups in total. The van der Waals surface area contributed by atoms with Crippen LogP contribution in [0.3, 0.4) is 0 Å². The Labute approximate surface area is 338 Å². The predicted octanol–water partition coefficient (Wildman–Crippen LogP) is 16.2. The zero-order valence-corrected chi connectivity index (χ0v) is 32.3. The number of hydrogen-bond acceptors (Lipinski definition) is 5. The van der Waals surface area contributed by atoms with Crippen LogP contribution in [-0.4, -0.2) is 0 Å². The molecule has 0 atom stereocenters. The van der Waals surface area contributed by atoms with Gasteiger partial charge in [0.1, 0.15) is 5.00 Å². The van der Waals surface area contributed by atoms with Crippen molar-refractivity contribution in [1.29, 1.82) is 0 Å². The molecule has 0 bridgehead atoms. The lowest BCUT2D eigenvalue weighted by Crippen LogP contribution is -2.11. The fourth-order valence-corrected chi connectivity index (χ4v) is 10.3. The zero-order chi connectivity index (χ0) is 37.7. The van der Waals surface area contributed by atoms with E-state index in [0.29, 0.717) is 17.2 Å². The number of anilines is 3. The molecule has 3 heterocycles. The van der Waals surface area contributed by atoms with E-state index in [4.69, 9.17) is 9.47 Å². The van der Waals surface area contributed by atoms with Crippen molar-refractivity contribution in [2.75, 3.05) is 4.90 Å². The van der Waals surface area contributed by atoms with Crippen molar-refractivity contribution >= 4 is 59.2 Å². The average molecular weight is 768 g/mol. The van der Waals surface area contributed by atoms with Gasteiger partial charge in [0.25, 0.3) is 0 Å². The van der Waals surface area contributed by atoms with Crippen LogP contribution in [0.25, 0.3) is 64.0 Å². The molecule has 5 heteroatoms. The first-order chi connectivity index (χ1) is 28.3. The molecule has 0 unspecified atom stereocenters. The Hall–Kier alpha value is -6.92. The van der Waals surface area contributed by atoms with Gasteiger partial charge in [-0.3, -0.25) is 4.90 Å². The zero-order valence-electron chi connectivity index (χ0n) is 30.6. The van der Waals surface area contributed by atoms with Crippen molar-refractivity contribution < 1.29 is 9.47 Å². The number of para-hydroxylation sites is 2. The van der Waals surface area contributed by atoms with Crippen molar-refractivity contribution in [1.82, 2.24) is 0 Å². The molecule has 0 amide bonds. The topological polar surface area (TPSA) is 21.7 Å². The lowest BCUT2D eigenvalue weighted by Gasteiger charge is -2.29. The van der Waals surface area contributed by atoms with E-state index in [-0.39, 0.29) is 0 Å². The molecule has 11 rings (SSSR count). The third kappa shape index (κ3) is 5.87. The van der Waals surface area contributed by atoms with Crippen LogP contribution >= 0.6 is 22.7 Å². The van der Waals surface area contributed by atoms with Crippen LogP contribution in [0.5, 0.6) is 23.0 Å². The molecule has 2 aromatic heterocycles. The molecular formula is C52H33NO2S2. The fourth-order valence-electron chi connectivity index (χ4n) is 7.86. The fraction of sp³-hybridized carbons (Fsp3) is 0. The summed E-state index contributed by atoms with van der Waals surface area (Å²) in [5, 5.41) is 3.53. The van der Waals surface area contributed by atoms with E-state index in [1.807, 2.05) is 41.7 Å². The molecule has 3 nitrogen and oxygen atoms in total. The van der Waals surface area contributed by atoms with E-state index in [1.54, 1.807) is 11.3 Å². The number of nitrogens with zero attached hydrogens (tertiary/aromatic N) is 1.